The van der Waals surface area contributed by atoms with Gasteiger partial charge in [0.05, 0.1) is 4.99 Å². The molecular formula is C24H45NS. The first kappa shape index (κ1) is 22.2. The highest BCUT2D eigenvalue weighted by Crippen LogP contribution is 2.43. The maximum atomic E-state index is 6.02. The highest BCUT2D eigenvalue weighted by molar-refractivity contribution is 7.80. The van der Waals surface area contributed by atoms with Gasteiger partial charge in [-0.15, -0.1) is 0 Å². The predicted octanol–water partition coefficient (Wildman–Crippen LogP) is 7.48. The fourth-order valence-corrected chi connectivity index (χ4v) is 5.83. The molecule has 0 aromatic carbocycles. The summed E-state index contributed by atoms with van der Waals surface area (Å²) in [6.07, 6.45) is 13.9. The summed E-state index contributed by atoms with van der Waals surface area (Å²) >= 11 is 6.02. The quantitative estimate of drug-likeness (QED) is 0.457. The number of hydrogen-bond acceptors (Lipinski definition) is 1. The van der Waals surface area contributed by atoms with Gasteiger partial charge in [0.15, 0.2) is 0 Å². The maximum Gasteiger partial charge on any atom is 0.0815 e. The van der Waals surface area contributed by atoms with Gasteiger partial charge >= 0.3 is 0 Å². The minimum atomic E-state index is 0.504. The van der Waals surface area contributed by atoms with E-state index >= 15 is 0 Å². The molecule has 0 spiro atoms. The van der Waals surface area contributed by atoms with Gasteiger partial charge in [-0.2, -0.15) is 0 Å². The topological polar surface area (TPSA) is 3.24 Å². The van der Waals surface area contributed by atoms with Crippen LogP contribution in [0, 0.1) is 29.1 Å². The van der Waals surface area contributed by atoms with E-state index in [-0.39, 0.29) is 0 Å². The molecule has 1 saturated carbocycles. The third kappa shape index (κ3) is 5.69. The summed E-state index contributed by atoms with van der Waals surface area (Å²) in [6.45, 7) is 15.8. The van der Waals surface area contributed by atoms with E-state index in [9.17, 15) is 0 Å². The van der Waals surface area contributed by atoms with Gasteiger partial charge < -0.3 is 4.90 Å². The molecule has 4 unspecified atom stereocenters. The average molecular weight is 380 g/mol. The third-order valence-electron chi connectivity index (χ3n) is 7.93. The standard InChI is InChI=1S/C24H45NS/c1-18(2)24(6)15-12-20(5)10-8-7-9-11-22-21(13-16-24)14-17-25(19(3)4)23(22)26/h18-22H,7-17H2,1-6H3. The lowest BCUT2D eigenvalue weighted by Gasteiger charge is -2.44. The Labute approximate surface area is 169 Å². The summed E-state index contributed by atoms with van der Waals surface area (Å²) in [5.74, 6) is 3.17. The molecule has 26 heavy (non-hydrogen) atoms. The van der Waals surface area contributed by atoms with Crippen molar-refractivity contribution in [3.63, 3.8) is 0 Å². The summed E-state index contributed by atoms with van der Waals surface area (Å²) in [5, 5.41) is 0. The zero-order valence-corrected chi connectivity index (χ0v) is 19.3. The second kappa shape index (κ2) is 9.89. The molecule has 1 aliphatic heterocycles. The Morgan fingerprint density at radius 2 is 1.58 bits per heavy atom. The van der Waals surface area contributed by atoms with Crippen molar-refractivity contribution in [2.24, 2.45) is 29.1 Å². The Kier molecular flexibility index (Phi) is 8.44. The van der Waals surface area contributed by atoms with E-state index in [0.717, 1.165) is 17.8 Å². The largest absolute Gasteiger partial charge is 0.363 e. The van der Waals surface area contributed by atoms with Gasteiger partial charge in [-0.3, -0.25) is 0 Å². The lowest BCUT2D eigenvalue weighted by Crippen LogP contribution is -2.48. The second-order valence-corrected chi connectivity index (χ2v) is 10.8. The van der Waals surface area contributed by atoms with Crippen molar-refractivity contribution in [2.45, 2.75) is 112 Å². The van der Waals surface area contributed by atoms with Crippen LogP contribution in [0.25, 0.3) is 0 Å². The van der Waals surface area contributed by atoms with Gasteiger partial charge in [-0.1, -0.05) is 72.0 Å². The van der Waals surface area contributed by atoms with E-state index in [1.165, 1.54) is 75.7 Å². The van der Waals surface area contributed by atoms with Gasteiger partial charge in [0.25, 0.3) is 0 Å². The Morgan fingerprint density at radius 1 is 0.923 bits per heavy atom. The van der Waals surface area contributed by atoms with Crippen molar-refractivity contribution >= 4 is 17.2 Å². The molecule has 4 atom stereocenters. The number of fused-ring (bicyclic) bond motifs is 1. The zero-order valence-electron chi connectivity index (χ0n) is 18.5. The molecule has 2 aliphatic rings. The molecule has 0 N–H and O–H groups in total. The Hall–Kier alpha value is -0.110. The molecule has 2 heteroatoms. The predicted molar refractivity (Wildman–Crippen MR) is 120 cm³/mol. The molecule has 0 amide bonds. The molecule has 2 fully saturated rings. The van der Waals surface area contributed by atoms with Gasteiger partial charge in [-0.05, 0) is 69.1 Å². The fourth-order valence-electron chi connectivity index (χ4n) is 5.22. The van der Waals surface area contributed by atoms with Crippen LogP contribution in [0.4, 0.5) is 0 Å². The van der Waals surface area contributed by atoms with Crippen LogP contribution in [-0.4, -0.2) is 22.5 Å². The molecule has 152 valence electrons. The molecule has 1 nitrogen and oxygen atoms in total. The summed E-state index contributed by atoms with van der Waals surface area (Å²) in [4.78, 5) is 3.82. The molecular weight excluding hydrogens is 334 g/mol. The monoisotopic (exact) mass is 379 g/mol. The first-order chi connectivity index (χ1) is 12.2. The Morgan fingerprint density at radius 3 is 2.23 bits per heavy atom. The van der Waals surface area contributed by atoms with Crippen LogP contribution >= 0.6 is 12.2 Å². The van der Waals surface area contributed by atoms with Crippen molar-refractivity contribution in [1.29, 1.82) is 0 Å². The number of rotatable bonds is 2. The number of thiocarbonyl (C=S) groups is 1. The summed E-state index contributed by atoms with van der Waals surface area (Å²) in [7, 11) is 0. The Balaban J connectivity index is 2.14. The number of piperidine rings is 1. The summed E-state index contributed by atoms with van der Waals surface area (Å²) in [5.41, 5.74) is 0.504. The molecule has 0 aromatic heterocycles. The van der Waals surface area contributed by atoms with Crippen molar-refractivity contribution in [3.8, 4) is 0 Å². The average Bonchev–Trinajstić information content (AvgIpc) is 2.59. The fraction of sp³-hybridized carbons (Fsp3) is 0.958. The van der Waals surface area contributed by atoms with E-state index in [1.54, 1.807) is 0 Å². The van der Waals surface area contributed by atoms with Gasteiger partial charge in [0.2, 0.25) is 0 Å². The normalized spacial score (nSPS) is 35.6. The van der Waals surface area contributed by atoms with Crippen LogP contribution in [0.1, 0.15) is 106 Å². The molecule has 0 radical (unpaired) electrons. The SMILES string of the molecule is CC1CCCCCC2C(=S)N(C(C)C)CCC2CCC(C)(C(C)C)CC1. The molecule has 2 rings (SSSR count). The highest BCUT2D eigenvalue weighted by atomic mass is 32.1. The summed E-state index contributed by atoms with van der Waals surface area (Å²) in [6, 6.07) is 0.565. The minimum absolute atomic E-state index is 0.504. The van der Waals surface area contributed by atoms with Gasteiger partial charge in [0.1, 0.15) is 0 Å². The van der Waals surface area contributed by atoms with Gasteiger partial charge in [-0.25, -0.2) is 0 Å². The molecule has 1 heterocycles. The number of hydrogen-bond donors (Lipinski definition) is 0. The minimum Gasteiger partial charge on any atom is -0.363 e. The van der Waals surface area contributed by atoms with Crippen LogP contribution in [0.15, 0.2) is 0 Å². The first-order valence-electron chi connectivity index (χ1n) is 11.5. The summed E-state index contributed by atoms with van der Waals surface area (Å²) < 4.78 is 0. The van der Waals surface area contributed by atoms with Gasteiger partial charge in [0, 0.05) is 18.5 Å². The Bertz CT molecular complexity index is 443. The molecule has 0 aromatic rings. The van der Waals surface area contributed by atoms with Crippen LogP contribution in [0.5, 0.6) is 0 Å². The van der Waals surface area contributed by atoms with Crippen molar-refractivity contribution in [1.82, 2.24) is 4.90 Å². The first-order valence-corrected chi connectivity index (χ1v) is 12.0. The van der Waals surface area contributed by atoms with Crippen LogP contribution in [0.3, 0.4) is 0 Å². The molecule has 1 saturated heterocycles. The van der Waals surface area contributed by atoms with E-state index in [0.29, 0.717) is 17.4 Å². The maximum absolute atomic E-state index is 6.02. The van der Waals surface area contributed by atoms with Crippen molar-refractivity contribution in [3.05, 3.63) is 0 Å². The van der Waals surface area contributed by atoms with Crippen LogP contribution in [0.2, 0.25) is 0 Å². The molecule has 1 aliphatic carbocycles. The lowest BCUT2D eigenvalue weighted by atomic mass is 9.68. The molecule has 0 bridgehead atoms. The second-order valence-electron chi connectivity index (χ2n) is 10.4. The van der Waals surface area contributed by atoms with E-state index in [1.807, 2.05) is 0 Å². The zero-order chi connectivity index (χ0) is 19.3. The van der Waals surface area contributed by atoms with E-state index in [2.05, 4.69) is 46.4 Å². The third-order valence-corrected chi connectivity index (χ3v) is 8.47. The smallest absolute Gasteiger partial charge is 0.0815 e. The van der Waals surface area contributed by atoms with Crippen LogP contribution < -0.4 is 0 Å². The highest BCUT2D eigenvalue weighted by Gasteiger charge is 2.36. The number of nitrogens with zero attached hydrogens (tertiary/aromatic N) is 1. The van der Waals surface area contributed by atoms with E-state index < -0.39 is 0 Å². The number of likely N-dealkylation sites (tertiary alicyclic amines) is 1. The van der Waals surface area contributed by atoms with Crippen molar-refractivity contribution < 1.29 is 0 Å². The van der Waals surface area contributed by atoms with Crippen LogP contribution in [-0.2, 0) is 0 Å². The lowest BCUT2D eigenvalue weighted by molar-refractivity contribution is 0.133. The van der Waals surface area contributed by atoms with E-state index in [4.69, 9.17) is 12.2 Å². The van der Waals surface area contributed by atoms with Crippen molar-refractivity contribution in [2.75, 3.05) is 6.54 Å².